The Balaban J connectivity index is 2.15. The third kappa shape index (κ3) is 1.67. The molecular formula is C14H13N7O. The Bertz CT molecular complexity index is 1010. The van der Waals surface area contributed by atoms with Crippen LogP contribution in [-0.4, -0.2) is 34.1 Å². The molecule has 0 radical (unpaired) electrons. The number of hydrogen-bond donors (Lipinski definition) is 1. The van der Waals surface area contributed by atoms with Crippen molar-refractivity contribution in [2.75, 3.05) is 0 Å². The standard InChI is InChI=1S/C14H13N7O/c1-2-6-20-12-10(16-8-17-12)13-19-18-11(21(13)14(20)22)9-4-3-5-15-7-9/h3-5,7-8H,2,6H2,1H3,(H,16,17). The topological polar surface area (TPSA) is 93.8 Å². The Morgan fingerprint density at radius 2 is 2.18 bits per heavy atom. The summed E-state index contributed by atoms with van der Waals surface area (Å²) in [5.74, 6) is 0.481. The summed E-state index contributed by atoms with van der Waals surface area (Å²) in [7, 11) is 0. The van der Waals surface area contributed by atoms with E-state index in [0.717, 1.165) is 12.0 Å². The molecule has 0 aromatic carbocycles. The number of fused-ring (bicyclic) bond motifs is 3. The number of H-pyrrole nitrogens is 1. The van der Waals surface area contributed by atoms with E-state index in [0.29, 0.717) is 29.2 Å². The van der Waals surface area contributed by atoms with Crippen LogP contribution in [0.3, 0.4) is 0 Å². The molecule has 0 aliphatic heterocycles. The summed E-state index contributed by atoms with van der Waals surface area (Å²) < 4.78 is 3.15. The second-order valence-corrected chi connectivity index (χ2v) is 4.96. The predicted octanol–water partition coefficient (Wildman–Crippen LogP) is 1.24. The van der Waals surface area contributed by atoms with Crippen molar-refractivity contribution in [3.8, 4) is 11.4 Å². The number of nitrogens with one attached hydrogen (secondary N) is 1. The molecule has 0 amide bonds. The van der Waals surface area contributed by atoms with Crippen molar-refractivity contribution < 1.29 is 0 Å². The highest BCUT2D eigenvalue weighted by atomic mass is 16.1. The monoisotopic (exact) mass is 295 g/mol. The van der Waals surface area contributed by atoms with Crippen LogP contribution in [0.15, 0.2) is 35.6 Å². The Morgan fingerprint density at radius 1 is 1.27 bits per heavy atom. The van der Waals surface area contributed by atoms with Crippen molar-refractivity contribution in [2.45, 2.75) is 19.9 Å². The van der Waals surface area contributed by atoms with Gasteiger partial charge in [-0.3, -0.25) is 9.55 Å². The third-order valence-electron chi connectivity index (χ3n) is 3.55. The second-order valence-electron chi connectivity index (χ2n) is 4.96. The third-order valence-corrected chi connectivity index (χ3v) is 3.55. The molecule has 4 aromatic rings. The van der Waals surface area contributed by atoms with E-state index in [1.807, 2.05) is 13.0 Å². The fraction of sp³-hybridized carbons (Fsp3) is 0.214. The highest BCUT2D eigenvalue weighted by molar-refractivity contribution is 5.86. The summed E-state index contributed by atoms with van der Waals surface area (Å²) >= 11 is 0. The summed E-state index contributed by atoms with van der Waals surface area (Å²) in [4.78, 5) is 24.2. The maximum Gasteiger partial charge on any atom is 0.337 e. The van der Waals surface area contributed by atoms with Crippen LogP contribution in [0.25, 0.3) is 28.2 Å². The second kappa shape index (κ2) is 4.76. The normalized spacial score (nSPS) is 11.5. The first-order valence-corrected chi connectivity index (χ1v) is 7.02. The van der Waals surface area contributed by atoms with Gasteiger partial charge in [-0.25, -0.2) is 14.2 Å². The minimum atomic E-state index is -0.194. The Morgan fingerprint density at radius 3 is 2.95 bits per heavy atom. The number of aromatic nitrogens is 7. The van der Waals surface area contributed by atoms with E-state index < -0.39 is 0 Å². The van der Waals surface area contributed by atoms with Crippen LogP contribution in [0.5, 0.6) is 0 Å². The van der Waals surface area contributed by atoms with Crippen LogP contribution in [0.4, 0.5) is 0 Å². The summed E-state index contributed by atoms with van der Waals surface area (Å²) in [5.41, 5.74) is 2.33. The van der Waals surface area contributed by atoms with Crippen molar-refractivity contribution in [3.05, 3.63) is 41.3 Å². The molecular weight excluding hydrogens is 282 g/mol. The fourth-order valence-electron chi connectivity index (χ4n) is 2.60. The number of imidazole rings is 1. The number of pyridine rings is 1. The van der Waals surface area contributed by atoms with Crippen LogP contribution in [0.2, 0.25) is 0 Å². The maximum absolute atomic E-state index is 12.9. The van der Waals surface area contributed by atoms with Crippen molar-refractivity contribution in [2.24, 2.45) is 0 Å². The Hall–Kier alpha value is -3.03. The van der Waals surface area contributed by atoms with Crippen molar-refractivity contribution in [3.63, 3.8) is 0 Å². The van der Waals surface area contributed by atoms with Crippen LogP contribution < -0.4 is 5.69 Å². The van der Waals surface area contributed by atoms with Gasteiger partial charge >= 0.3 is 5.69 Å². The first kappa shape index (κ1) is 12.7. The zero-order valence-electron chi connectivity index (χ0n) is 11.9. The number of aryl methyl sites for hydroxylation is 1. The predicted molar refractivity (Wildman–Crippen MR) is 80.4 cm³/mol. The van der Waals surface area contributed by atoms with E-state index in [1.54, 1.807) is 29.4 Å². The first-order chi connectivity index (χ1) is 10.8. The smallest absolute Gasteiger partial charge is 0.337 e. The van der Waals surface area contributed by atoms with Gasteiger partial charge in [0.05, 0.1) is 6.33 Å². The van der Waals surface area contributed by atoms with Crippen molar-refractivity contribution in [1.82, 2.24) is 34.1 Å². The number of hydrogen-bond acceptors (Lipinski definition) is 5. The van der Waals surface area contributed by atoms with Gasteiger partial charge in [0, 0.05) is 24.5 Å². The molecule has 4 rings (SSSR count). The van der Waals surface area contributed by atoms with E-state index in [9.17, 15) is 4.79 Å². The molecule has 0 saturated carbocycles. The van der Waals surface area contributed by atoms with Gasteiger partial charge in [0.25, 0.3) is 0 Å². The number of aromatic amines is 1. The largest absolute Gasteiger partial charge is 0.340 e. The van der Waals surface area contributed by atoms with Gasteiger partial charge in [0.15, 0.2) is 17.1 Å². The molecule has 0 aliphatic carbocycles. The first-order valence-electron chi connectivity index (χ1n) is 7.02. The van der Waals surface area contributed by atoms with Gasteiger partial charge < -0.3 is 4.98 Å². The fourth-order valence-corrected chi connectivity index (χ4v) is 2.60. The molecule has 0 unspecified atom stereocenters. The minimum absolute atomic E-state index is 0.194. The molecule has 22 heavy (non-hydrogen) atoms. The molecule has 0 spiro atoms. The Labute approximate surface area is 124 Å². The quantitative estimate of drug-likeness (QED) is 0.613. The van der Waals surface area contributed by atoms with Gasteiger partial charge in [-0.1, -0.05) is 6.92 Å². The molecule has 0 bridgehead atoms. The molecule has 0 fully saturated rings. The molecule has 8 nitrogen and oxygen atoms in total. The molecule has 0 atom stereocenters. The minimum Gasteiger partial charge on any atom is -0.340 e. The molecule has 0 saturated heterocycles. The van der Waals surface area contributed by atoms with Gasteiger partial charge in [-0.05, 0) is 18.6 Å². The lowest BCUT2D eigenvalue weighted by atomic mass is 10.3. The summed E-state index contributed by atoms with van der Waals surface area (Å²) in [5, 5.41) is 8.33. The average molecular weight is 295 g/mol. The van der Waals surface area contributed by atoms with Crippen LogP contribution in [0, 0.1) is 0 Å². The molecule has 4 aromatic heterocycles. The van der Waals surface area contributed by atoms with E-state index in [-0.39, 0.29) is 5.69 Å². The lowest BCUT2D eigenvalue weighted by Gasteiger charge is -2.07. The Kier molecular flexibility index (Phi) is 2.75. The zero-order valence-corrected chi connectivity index (χ0v) is 11.9. The van der Waals surface area contributed by atoms with E-state index in [4.69, 9.17) is 0 Å². The van der Waals surface area contributed by atoms with E-state index in [1.165, 1.54) is 4.40 Å². The van der Waals surface area contributed by atoms with Gasteiger partial charge in [-0.2, -0.15) is 0 Å². The number of rotatable bonds is 3. The summed E-state index contributed by atoms with van der Waals surface area (Å²) in [6.45, 7) is 2.60. The van der Waals surface area contributed by atoms with Crippen LogP contribution in [-0.2, 0) is 6.54 Å². The zero-order chi connectivity index (χ0) is 15.1. The van der Waals surface area contributed by atoms with Crippen LogP contribution in [0.1, 0.15) is 13.3 Å². The average Bonchev–Trinajstić information content (AvgIpc) is 3.18. The molecule has 4 heterocycles. The number of nitrogens with zero attached hydrogens (tertiary/aromatic N) is 6. The van der Waals surface area contributed by atoms with Crippen molar-refractivity contribution in [1.29, 1.82) is 0 Å². The molecule has 1 N–H and O–H groups in total. The van der Waals surface area contributed by atoms with E-state index in [2.05, 4.69) is 25.1 Å². The van der Waals surface area contributed by atoms with Gasteiger partial charge in [-0.15, -0.1) is 10.2 Å². The van der Waals surface area contributed by atoms with Crippen molar-refractivity contribution >= 4 is 16.8 Å². The molecule has 8 heteroatoms. The SMILES string of the molecule is CCCn1c(=O)n2c(-c3cccnc3)nnc2c2[nH]cnc21. The van der Waals surface area contributed by atoms with Gasteiger partial charge in [0.1, 0.15) is 5.52 Å². The summed E-state index contributed by atoms with van der Waals surface area (Å²) in [6, 6.07) is 3.65. The molecule has 0 aliphatic rings. The van der Waals surface area contributed by atoms with Crippen LogP contribution >= 0.6 is 0 Å². The maximum atomic E-state index is 12.9. The van der Waals surface area contributed by atoms with Gasteiger partial charge in [0.2, 0.25) is 0 Å². The summed E-state index contributed by atoms with van der Waals surface area (Å²) in [6.07, 6.45) is 5.73. The lowest BCUT2D eigenvalue weighted by Crippen LogP contribution is -2.27. The van der Waals surface area contributed by atoms with E-state index >= 15 is 0 Å². The molecule has 110 valence electrons. The highest BCUT2D eigenvalue weighted by Crippen LogP contribution is 2.19. The highest BCUT2D eigenvalue weighted by Gasteiger charge is 2.18. The lowest BCUT2D eigenvalue weighted by molar-refractivity contribution is 0.648.